The van der Waals surface area contributed by atoms with Crippen molar-refractivity contribution < 1.29 is 14.2 Å². The van der Waals surface area contributed by atoms with E-state index in [0.717, 1.165) is 42.8 Å². The molecule has 4 rings (SSSR count). The number of halogens is 2. The summed E-state index contributed by atoms with van der Waals surface area (Å²) in [6.45, 7) is 8.59. The van der Waals surface area contributed by atoms with Crippen LogP contribution in [0.5, 0.6) is 11.5 Å². The molecule has 2 aromatic carbocycles. The molecule has 182 valence electrons. The van der Waals surface area contributed by atoms with Gasteiger partial charge in [0.05, 0.1) is 29.3 Å². The maximum atomic E-state index is 6.15. The van der Waals surface area contributed by atoms with Crippen molar-refractivity contribution in [2.24, 2.45) is 5.92 Å². The molecule has 0 bridgehead atoms. The molecule has 0 spiro atoms. The van der Waals surface area contributed by atoms with Crippen molar-refractivity contribution in [1.29, 1.82) is 0 Å². The van der Waals surface area contributed by atoms with E-state index in [4.69, 9.17) is 37.4 Å². The van der Waals surface area contributed by atoms with Crippen LogP contribution in [-0.2, 0) is 4.74 Å². The number of nitrogens with one attached hydrogen (secondary N) is 1. The molecule has 1 aromatic heterocycles. The van der Waals surface area contributed by atoms with Crippen molar-refractivity contribution in [3.05, 3.63) is 46.7 Å². The van der Waals surface area contributed by atoms with Crippen LogP contribution in [0.15, 0.2) is 36.7 Å². The maximum Gasteiger partial charge on any atom is 0.163 e. The van der Waals surface area contributed by atoms with Gasteiger partial charge < -0.3 is 19.5 Å². The molecule has 1 fully saturated rings. The Hall–Kier alpha value is -2.32. The quantitative estimate of drug-likeness (QED) is 0.393. The topological polar surface area (TPSA) is 68.7 Å². The molecule has 1 aliphatic rings. The van der Waals surface area contributed by atoms with Crippen LogP contribution in [0.3, 0.4) is 0 Å². The molecule has 34 heavy (non-hydrogen) atoms. The third kappa shape index (κ3) is 6.02. The number of ether oxygens (including phenoxy) is 3. The van der Waals surface area contributed by atoms with Gasteiger partial charge in [-0.2, -0.15) is 0 Å². The van der Waals surface area contributed by atoms with Crippen molar-refractivity contribution >= 4 is 45.6 Å². The maximum absolute atomic E-state index is 6.15. The smallest absolute Gasteiger partial charge is 0.163 e. The molecular weight excluding hydrogens is 475 g/mol. The van der Waals surface area contributed by atoms with E-state index in [9.17, 15) is 0 Å². The van der Waals surface area contributed by atoms with Gasteiger partial charge >= 0.3 is 0 Å². The normalized spacial score (nSPS) is 17.5. The molecule has 2 atom stereocenters. The van der Waals surface area contributed by atoms with Crippen LogP contribution in [0, 0.1) is 5.92 Å². The van der Waals surface area contributed by atoms with E-state index in [-0.39, 0.29) is 6.10 Å². The van der Waals surface area contributed by atoms with E-state index < -0.39 is 0 Å². The first-order valence-corrected chi connectivity index (χ1v) is 12.2. The third-order valence-corrected chi connectivity index (χ3v) is 6.76. The standard InChI is InChI=1S/C25H30Cl2N4O3/c1-4-16(2)12-31-7-8-33-18(13-31)14-34-24-11-22-19(10-23(24)32-3)25(29-15-28-22)30-17-5-6-20(26)21(27)9-17/h5-6,9-11,15-16,18H,4,7-8,12-14H2,1-3H3,(H,28,29,30)/t16-,18?/m1/s1. The van der Waals surface area contributed by atoms with E-state index in [1.54, 1.807) is 19.2 Å². The van der Waals surface area contributed by atoms with Gasteiger partial charge in [0.2, 0.25) is 0 Å². The largest absolute Gasteiger partial charge is 0.493 e. The summed E-state index contributed by atoms with van der Waals surface area (Å²) in [4.78, 5) is 11.3. The first-order chi connectivity index (χ1) is 16.5. The number of nitrogens with zero attached hydrogens (tertiary/aromatic N) is 3. The predicted molar refractivity (Wildman–Crippen MR) is 137 cm³/mol. The fraction of sp³-hybridized carbons (Fsp3) is 0.440. The van der Waals surface area contributed by atoms with Gasteiger partial charge in [-0.3, -0.25) is 4.90 Å². The third-order valence-electron chi connectivity index (χ3n) is 6.02. The summed E-state index contributed by atoms with van der Waals surface area (Å²) < 4.78 is 17.7. The fourth-order valence-corrected chi connectivity index (χ4v) is 4.24. The lowest BCUT2D eigenvalue weighted by Crippen LogP contribution is -2.46. The number of methoxy groups -OCH3 is 1. The van der Waals surface area contributed by atoms with E-state index in [2.05, 4.69) is 34.0 Å². The highest BCUT2D eigenvalue weighted by molar-refractivity contribution is 6.42. The zero-order valence-electron chi connectivity index (χ0n) is 19.7. The number of morpholine rings is 1. The molecule has 0 aliphatic carbocycles. The Balaban J connectivity index is 1.50. The SMILES string of the molecule is CC[C@@H](C)CN1CCOC(COc2cc3ncnc(Nc4ccc(Cl)c(Cl)c4)c3cc2OC)C1. The Bertz CT molecular complexity index is 1130. The van der Waals surface area contributed by atoms with Crippen LogP contribution in [0.2, 0.25) is 10.0 Å². The highest BCUT2D eigenvalue weighted by atomic mass is 35.5. The van der Waals surface area contributed by atoms with Gasteiger partial charge in [0.25, 0.3) is 0 Å². The molecule has 0 radical (unpaired) electrons. The van der Waals surface area contributed by atoms with Gasteiger partial charge in [0.15, 0.2) is 11.5 Å². The van der Waals surface area contributed by atoms with Gasteiger partial charge in [0.1, 0.15) is 24.9 Å². The summed E-state index contributed by atoms with van der Waals surface area (Å²) >= 11 is 12.2. The Morgan fingerprint density at radius 2 is 2.03 bits per heavy atom. The zero-order chi connectivity index (χ0) is 24.1. The second kappa shape index (κ2) is 11.4. The van der Waals surface area contributed by atoms with Gasteiger partial charge in [-0.1, -0.05) is 43.5 Å². The van der Waals surface area contributed by atoms with E-state index in [1.165, 1.54) is 12.7 Å². The average molecular weight is 505 g/mol. The number of fused-ring (bicyclic) bond motifs is 1. The van der Waals surface area contributed by atoms with E-state index in [0.29, 0.717) is 39.9 Å². The Labute approximate surface area is 210 Å². The minimum Gasteiger partial charge on any atom is -0.493 e. The molecule has 2 heterocycles. The second-order valence-electron chi connectivity index (χ2n) is 8.57. The Morgan fingerprint density at radius 3 is 2.79 bits per heavy atom. The van der Waals surface area contributed by atoms with E-state index >= 15 is 0 Å². The summed E-state index contributed by atoms with van der Waals surface area (Å²) in [5.41, 5.74) is 1.50. The highest BCUT2D eigenvalue weighted by Gasteiger charge is 2.23. The lowest BCUT2D eigenvalue weighted by molar-refractivity contribution is -0.0513. The van der Waals surface area contributed by atoms with E-state index in [1.807, 2.05) is 18.2 Å². The molecule has 1 unspecified atom stereocenters. The Morgan fingerprint density at radius 1 is 1.18 bits per heavy atom. The lowest BCUT2D eigenvalue weighted by Gasteiger charge is -2.34. The molecule has 1 N–H and O–H groups in total. The molecule has 0 amide bonds. The van der Waals surface area contributed by atoms with Crippen LogP contribution < -0.4 is 14.8 Å². The van der Waals surface area contributed by atoms with Crippen molar-refractivity contribution in [1.82, 2.24) is 14.9 Å². The van der Waals surface area contributed by atoms with Gasteiger partial charge in [0, 0.05) is 36.8 Å². The lowest BCUT2D eigenvalue weighted by atomic mass is 10.1. The summed E-state index contributed by atoms with van der Waals surface area (Å²) in [5.74, 6) is 2.53. The molecule has 1 aliphatic heterocycles. The van der Waals surface area contributed by atoms with Crippen LogP contribution >= 0.6 is 23.2 Å². The van der Waals surface area contributed by atoms with Gasteiger partial charge in [-0.05, 0) is 30.2 Å². The summed E-state index contributed by atoms with van der Waals surface area (Å²) in [6, 6.07) is 9.07. The number of anilines is 2. The Kier molecular flexibility index (Phi) is 8.32. The zero-order valence-corrected chi connectivity index (χ0v) is 21.2. The number of aromatic nitrogens is 2. The molecule has 7 nitrogen and oxygen atoms in total. The number of rotatable bonds is 9. The minimum atomic E-state index is 0.00971. The second-order valence-corrected chi connectivity index (χ2v) is 9.39. The van der Waals surface area contributed by atoms with Crippen LogP contribution in [0.1, 0.15) is 20.3 Å². The molecule has 1 saturated heterocycles. The molecule has 9 heteroatoms. The highest BCUT2D eigenvalue weighted by Crippen LogP contribution is 2.35. The summed E-state index contributed by atoms with van der Waals surface area (Å²) in [6.07, 6.45) is 2.70. The fourth-order valence-electron chi connectivity index (χ4n) is 3.95. The van der Waals surface area contributed by atoms with Crippen LogP contribution in [0.4, 0.5) is 11.5 Å². The number of hydrogen-bond acceptors (Lipinski definition) is 7. The monoisotopic (exact) mass is 504 g/mol. The van der Waals surface area contributed by atoms with Crippen LogP contribution in [0.25, 0.3) is 10.9 Å². The van der Waals surface area contributed by atoms with Crippen molar-refractivity contribution in [2.45, 2.75) is 26.4 Å². The molecule has 3 aromatic rings. The first kappa shape index (κ1) is 24.8. The minimum absolute atomic E-state index is 0.00971. The first-order valence-electron chi connectivity index (χ1n) is 11.5. The summed E-state index contributed by atoms with van der Waals surface area (Å²) in [7, 11) is 1.62. The molecular formula is C25H30Cl2N4O3. The molecule has 0 saturated carbocycles. The van der Waals surface area contributed by atoms with Crippen LogP contribution in [-0.4, -0.2) is 60.9 Å². The average Bonchev–Trinajstić information content (AvgIpc) is 2.84. The van der Waals surface area contributed by atoms with Gasteiger partial charge in [-0.15, -0.1) is 0 Å². The van der Waals surface area contributed by atoms with Crippen molar-refractivity contribution in [2.75, 3.05) is 45.3 Å². The predicted octanol–water partition coefficient (Wildman–Crippen LogP) is 5.81. The van der Waals surface area contributed by atoms with Crippen molar-refractivity contribution in [3.63, 3.8) is 0 Å². The number of benzene rings is 2. The number of hydrogen-bond donors (Lipinski definition) is 1. The van der Waals surface area contributed by atoms with Crippen molar-refractivity contribution in [3.8, 4) is 11.5 Å². The van der Waals surface area contributed by atoms with Gasteiger partial charge in [-0.25, -0.2) is 9.97 Å². The summed E-state index contributed by atoms with van der Waals surface area (Å²) in [5, 5.41) is 5.03.